The average Bonchev–Trinajstić information content (AvgIpc) is 2.11. The van der Waals surface area contributed by atoms with Crippen LogP contribution < -0.4 is 11.2 Å². The van der Waals surface area contributed by atoms with E-state index in [-0.39, 0.29) is 5.28 Å². The summed E-state index contributed by atoms with van der Waals surface area (Å²) >= 11 is 0. The third-order valence-corrected chi connectivity index (χ3v) is 0.924. The van der Waals surface area contributed by atoms with Crippen molar-refractivity contribution in [3.8, 4) is 0 Å². The zero-order valence-corrected chi connectivity index (χ0v) is 4.85. The van der Waals surface area contributed by atoms with Gasteiger partial charge >= 0.3 is 6.03 Å². The summed E-state index contributed by atoms with van der Waals surface area (Å²) < 4.78 is 0. The number of rotatable bonds is 0. The van der Waals surface area contributed by atoms with Crippen LogP contribution in [0.4, 0.5) is 4.79 Å². The van der Waals surface area contributed by atoms with Crippen molar-refractivity contribution in [3.05, 3.63) is 12.1 Å². The van der Waals surface area contributed by atoms with E-state index in [9.17, 15) is 4.79 Å². The number of nitrogens with one attached hydrogen (secondary N) is 1. The molecule has 1 heterocycles. The van der Waals surface area contributed by atoms with Crippen LogP contribution in [0.1, 0.15) is 0 Å². The van der Waals surface area contributed by atoms with Crippen LogP contribution in [0.25, 0.3) is 0 Å². The highest BCUT2D eigenvalue weighted by Gasteiger charge is 2.26. The fourth-order valence-electron chi connectivity index (χ4n) is 0.538. The van der Waals surface area contributed by atoms with Gasteiger partial charge in [0.25, 0.3) is 0 Å². The minimum absolute atomic E-state index is 0.262. The highest BCUT2D eigenvalue weighted by molar-refractivity contribution is 5.73. The van der Waals surface area contributed by atoms with Crippen LogP contribution >= 0.6 is 0 Å². The molecule has 5 N–H and O–H groups in total. The first kappa shape index (κ1) is 6.65. The minimum Gasteiger partial charge on any atom is -0.492 e. The van der Waals surface area contributed by atoms with Gasteiger partial charge in [-0.3, -0.25) is 10.6 Å². The van der Waals surface area contributed by atoms with Gasteiger partial charge in [-0.1, -0.05) is 0 Å². The van der Waals surface area contributed by atoms with E-state index in [0.717, 1.165) is 6.20 Å². The zero-order valence-electron chi connectivity index (χ0n) is 4.85. The third-order valence-electron chi connectivity index (χ3n) is 0.924. The first-order chi connectivity index (χ1) is 4.63. The number of hydrogen-bond donors (Lipinski definition) is 4. The molecule has 0 bridgehead atoms. The van der Waals surface area contributed by atoms with Gasteiger partial charge in [0.15, 0.2) is 0 Å². The zero-order chi connectivity index (χ0) is 7.72. The van der Waals surface area contributed by atoms with Crippen molar-refractivity contribution in [2.24, 2.45) is 5.73 Å². The van der Waals surface area contributed by atoms with E-state index < -0.39 is 11.9 Å². The Kier molecular flexibility index (Phi) is 1.36. The number of hydrogen-bond acceptors (Lipinski definition) is 5. The molecule has 0 aliphatic carbocycles. The van der Waals surface area contributed by atoms with E-state index in [4.69, 9.17) is 16.0 Å². The fourth-order valence-corrected chi connectivity index (χ4v) is 0.538. The maximum absolute atomic E-state index is 10.3. The lowest BCUT2D eigenvalue weighted by molar-refractivity contribution is -0.228. The summed E-state index contributed by atoms with van der Waals surface area (Å²) in [7, 11) is 0. The molecule has 2 amide bonds. The molecular weight excluding hydrogens is 140 g/mol. The molecule has 0 fully saturated rings. The van der Waals surface area contributed by atoms with Crippen molar-refractivity contribution < 1.29 is 15.1 Å². The Morgan fingerprint density at radius 1 is 1.80 bits per heavy atom. The largest absolute Gasteiger partial charge is 0.492 e. The van der Waals surface area contributed by atoms with Gasteiger partial charge in [-0.05, 0) is 0 Å². The second kappa shape index (κ2) is 2.05. The Morgan fingerprint density at radius 3 is 2.60 bits per heavy atom. The van der Waals surface area contributed by atoms with Crippen LogP contribution in [0, 0.1) is 0 Å². The fraction of sp³-hybridized carbons (Fsp3) is 0. The molecule has 0 unspecified atom stereocenters. The molecule has 0 aromatic heterocycles. The molecule has 56 valence electrons. The smallest absolute Gasteiger partial charge is 0.340 e. The lowest BCUT2D eigenvalue weighted by Crippen LogP contribution is -2.46. The molecule has 7 heteroatoms. The van der Waals surface area contributed by atoms with Crippen LogP contribution in [0.5, 0.6) is 0 Å². The number of primary amides is 1. The number of hydrazine groups is 2. The topological polar surface area (TPSA) is 102 Å². The Balaban J connectivity index is 2.74. The van der Waals surface area contributed by atoms with Gasteiger partial charge in [0, 0.05) is 5.28 Å². The van der Waals surface area contributed by atoms with Crippen molar-refractivity contribution >= 4 is 6.03 Å². The van der Waals surface area contributed by atoms with E-state index in [1.54, 1.807) is 0 Å². The predicted molar refractivity (Wildman–Crippen MR) is 28.9 cm³/mol. The van der Waals surface area contributed by atoms with Gasteiger partial charge in [-0.2, -0.15) is 0 Å². The molecule has 0 aromatic rings. The summed E-state index contributed by atoms with van der Waals surface area (Å²) in [6, 6.07) is -0.985. The Labute approximate surface area is 55.8 Å². The SMILES string of the molecule is NC(=O)N1C(O)=CNN1O. The Hall–Kier alpha value is -1.47. The highest BCUT2D eigenvalue weighted by Crippen LogP contribution is 2.05. The quantitative estimate of drug-likeness (QED) is 0.345. The lowest BCUT2D eigenvalue weighted by atomic mass is 10.8. The maximum atomic E-state index is 10.3. The van der Waals surface area contributed by atoms with E-state index in [2.05, 4.69) is 5.43 Å². The number of urea groups is 1. The van der Waals surface area contributed by atoms with Gasteiger partial charge in [0.2, 0.25) is 5.88 Å². The molecule has 0 spiro atoms. The van der Waals surface area contributed by atoms with Crippen molar-refractivity contribution in [2.75, 3.05) is 0 Å². The summed E-state index contributed by atoms with van der Waals surface area (Å²) in [5.41, 5.74) is 6.83. The normalized spacial score (nSPS) is 18.5. The van der Waals surface area contributed by atoms with E-state index >= 15 is 0 Å². The van der Waals surface area contributed by atoms with Gasteiger partial charge in [-0.15, -0.1) is 5.01 Å². The van der Waals surface area contributed by atoms with Gasteiger partial charge in [0.1, 0.15) is 0 Å². The number of amides is 2. The molecule has 10 heavy (non-hydrogen) atoms. The number of carbonyl (C=O) groups excluding carboxylic acids is 1. The average molecular weight is 146 g/mol. The van der Waals surface area contributed by atoms with Crippen LogP contribution in [0.3, 0.4) is 0 Å². The maximum Gasteiger partial charge on any atom is 0.340 e. The van der Waals surface area contributed by atoms with Crippen molar-refractivity contribution in [3.63, 3.8) is 0 Å². The standard InChI is InChI=1S/C3H6N4O3/c4-3(9)6-2(8)1-5-7(6)10/h1,5,8,10H,(H2,4,9). The summed E-state index contributed by atoms with van der Waals surface area (Å²) in [5.74, 6) is -0.463. The minimum atomic E-state index is -0.985. The van der Waals surface area contributed by atoms with Crippen molar-refractivity contribution in [1.29, 1.82) is 0 Å². The summed E-state index contributed by atoms with van der Waals surface area (Å²) in [5, 5.41) is 18.1. The molecule has 0 atom stereocenters. The van der Waals surface area contributed by atoms with Crippen LogP contribution in [-0.4, -0.2) is 26.6 Å². The molecule has 7 nitrogen and oxygen atoms in total. The molecular formula is C3H6N4O3. The number of carbonyl (C=O) groups is 1. The van der Waals surface area contributed by atoms with Crippen molar-refractivity contribution in [2.45, 2.75) is 0 Å². The van der Waals surface area contributed by atoms with E-state index in [0.29, 0.717) is 5.01 Å². The lowest BCUT2D eigenvalue weighted by Gasteiger charge is -2.17. The Bertz CT molecular complexity index is 190. The number of nitrogens with two attached hydrogens (primary N) is 1. The summed E-state index contributed by atoms with van der Waals surface area (Å²) in [6.45, 7) is 0. The van der Waals surface area contributed by atoms with Gasteiger partial charge in [-0.25, -0.2) is 4.79 Å². The van der Waals surface area contributed by atoms with Gasteiger partial charge < -0.3 is 10.8 Å². The molecule has 0 saturated carbocycles. The molecule has 1 aliphatic heterocycles. The molecule has 0 radical (unpaired) electrons. The second-order valence-electron chi connectivity index (χ2n) is 1.57. The van der Waals surface area contributed by atoms with Crippen LogP contribution in [-0.2, 0) is 0 Å². The van der Waals surface area contributed by atoms with E-state index in [1.165, 1.54) is 0 Å². The number of nitrogens with zero attached hydrogens (tertiary/aromatic N) is 2. The molecule has 1 aliphatic rings. The third kappa shape index (κ3) is 0.828. The predicted octanol–water partition coefficient (Wildman–Crippen LogP) is -1.15. The second-order valence-corrected chi connectivity index (χ2v) is 1.57. The first-order valence-electron chi connectivity index (χ1n) is 2.36. The van der Waals surface area contributed by atoms with Crippen molar-refractivity contribution in [1.82, 2.24) is 15.7 Å². The summed E-state index contributed by atoms with van der Waals surface area (Å²) in [6.07, 6.45) is 1.00. The van der Waals surface area contributed by atoms with Crippen LogP contribution in [0.2, 0.25) is 0 Å². The van der Waals surface area contributed by atoms with Gasteiger partial charge in [0.05, 0.1) is 6.20 Å². The Morgan fingerprint density at radius 2 is 2.40 bits per heavy atom. The number of aliphatic hydroxyl groups is 1. The first-order valence-corrected chi connectivity index (χ1v) is 2.36. The van der Waals surface area contributed by atoms with Crippen LogP contribution in [0.15, 0.2) is 12.1 Å². The molecule has 0 saturated heterocycles. The van der Waals surface area contributed by atoms with E-state index in [1.807, 2.05) is 0 Å². The highest BCUT2D eigenvalue weighted by atomic mass is 16.6. The molecule has 0 aromatic carbocycles. The molecule has 1 rings (SSSR count). The summed E-state index contributed by atoms with van der Waals surface area (Å²) in [4.78, 5) is 10.3. The number of aliphatic hydroxyl groups excluding tert-OH is 1. The monoisotopic (exact) mass is 146 g/mol.